The molecule has 2 rings (SSSR count). The lowest BCUT2D eigenvalue weighted by atomic mass is 10.3. The zero-order chi connectivity index (χ0) is 13.7. The lowest BCUT2D eigenvalue weighted by Crippen LogP contribution is -2.27. The van der Waals surface area contributed by atoms with E-state index in [-0.39, 0.29) is 11.7 Å². The molecule has 0 saturated heterocycles. The third-order valence-electron chi connectivity index (χ3n) is 2.27. The van der Waals surface area contributed by atoms with Crippen molar-refractivity contribution in [1.82, 2.24) is 5.32 Å². The summed E-state index contributed by atoms with van der Waals surface area (Å²) >= 11 is 6.96. The van der Waals surface area contributed by atoms with Gasteiger partial charge in [-0.1, -0.05) is 11.6 Å². The second kappa shape index (κ2) is 6.54. The Hall–Kier alpha value is -1.59. The maximum Gasteiger partial charge on any atom is 0.261 e. The fourth-order valence-corrected chi connectivity index (χ4v) is 2.35. The van der Waals surface area contributed by atoms with E-state index in [0.29, 0.717) is 28.1 Å². The SMILES string of the molecule is O=C(NCCOc1ccc(F)cc1)c1ccc(Cl)s1. The quantitative estimate of drug-likeness (QED) is 0.860. The fourth-order valence-electron chi connectivity index (χ4n) is 1.39. The first-order chi connectivity index (χ1) is 9.15. The number of carbonyl (C=O) groups is 1. The summed E-state index contributed by atoms with van der Waals surface area (Å²) < 4.78 is 18.6. The third-order valence-corrected chi connectivity index (χ3v) is 3.50. The maximum atomic E-state index is 12.6. The van der Waals surface area contributed by atoms with Gasteiger partial charge in [-0.2, -0.15) is 0 Å². The summed E-state index contributed by atoms with van der Waals surface area (Å²) in [5, 5.41) is 2.71. The van der Waals surface area contributed by atoms with E-state index in [9.17, 15) is 9.18 Å². The second-order valence-electron chi connectivity index (χ2n) is 3.66. The number of ether oxygens (including phenoxy) is 1. The first-order valence-corrected chi connectivity index (χ1v) is 6.76. The van der Waals surface area contributed by atoms with Gasteiger partial charge >= 0.3 is 0 Å². The van der Waals surface area contributed by atoms with Gasteiger partial charge in [-0.15, -0.1) is 11.3 Å². The van der Waals surface area contributed by atoms with E-state index in [1.807, 2.05) is 0 Å². The summed E-state index contributed by atoms with van der Waals surface area (Å²) in [6.07, 6.45) is 0. The molecular weight excluding hydrogens is 289 g/mol. The molecule has 100 valence electrons. The van der Waals surface area contributed by atoms with Gasteiger partial charge in [0.25, 0.3) is 5.91 Å². The van der Waals surface area contributed by atoms with Gasteiger partial charge in [0.2, 0.25) is 0 Å². The van der Waals surface area contributed by atoms with E-state index >= 15 is 0 Å². The Bertz CT molecular complexity index is 556. The van der Waals surface area contributed by atoms with Crippen LogP contribution in [0.15, 0.2) is 36.4 Å². The minimum absolute atomic E-state index is 0.181. The van der Waals surface area contributed by atoms with E-state index in [1.165, 1.54) is 35.6 Å². The first kappa shape index (κ1) is 13.8. The second-order valence-corrected chi connectivity index (χ2v) is 5.38. The summed E-state index contributed by atoms with van der Waals surface area (Å²) in [7, 11) is 0. The van der Waals surface area contributed by atoms with Gasteiger partial charge in [-0.25, -0.2) is 4.39 Å². The molecule has 0 unspecified atom stereocenters. The highest BCUT2D eigenvalue weighted by molar-refractivity contribution is 7.17. The van der Waals surface area contributed by atoms with Crippen LogP contribution in [0.25, 0.3) is 0 Å². The van der Waals surface area contributed by atoms with Gasteiger partial charge in [-0.05, 0) is 36.4 Å². The molecule has 6 heteroatoms. The number of hydrogen-bond donors (Lipinski definition) is 1. The Balaban J connectivity index is 1.72. The smallest absolute Gasteiger partial charge is 0.261 e. The average Bonchev–Trinajstić information content (AvgIpc) is 2.83. The van der Waals surface area contributed by atoms with Crippen molar-refractivity contribution < 1.29 is 13.9 Å². The number of benzene rings is 1. The fraction of sp³-hybridized carbons (Fsp3) is 0.154. The van der Waals surface area contributed by atoms with Gasteiger partial charge < -0.3 is 10.1 Å². The van der Waals surface area contributed by atoms with E-state index in [0.717, 1.165) is 0 Å². The lowest BCUT2D eigenvalue weighted by molar-refractivity contribution is 0.0951. The van der Waals surface area contributed by atoms with Crippen LogP contribution in [0.2, 0.25) is 4.34 Å². The Labute approximate surface area is 119 Å². The van der Waals surface area contributed by atoms with Crippen LogP contribution in [0.1, 0.15) is 9.67 Å². The van der Waals surface area contributed by atoms with Crippen LogP contribution < -0.4 is 10.1 Å². The van der Waals surface area contributed by atoms with Gasteiger partial charge in [-0.3, -0.25) is 4.79 Å². The topological polar surface area (TPSA) is 38.3 Å². The molecule has 0 fully saturated rings. The standard InChI is InChI=1S/C13H11ClFNO2S/c14-12-6-5-11(19-12)13(17)16-7-8-18-10-3-1-9(15)2-4-10/h1-6H,7-8H2,(H,16,17). The molecule has 1 N–H and O–H groups in total. The number of nitrogens with one attached hydrogen (secondary N) is 1. The number of carbonyl (C=O) groups excluding carboxylic acids is 1. The van der Waals surface area contributed by atoms with Gasteiger partial charge in [0.1, 0.15) is 18.2 Å². The molecule has 0 aliphatic heterocycles. The molecule has 0 saturated carbocycles. The van der Waals surface area contributed by atoms with E-state index in [1.54, 1.807) is 12.1 Å². The van der Waals surface area contributed by atoms with Crippen LogP contribution in [0.4, 0.5) is 4.39 Å². The molecule has 19 heavy (non-hydrogen) atoms. The molecule has 0 atom stereocenters. The number of thiophene rings is 1. The number of rotatable bonds is 5. The van der Waals surface area contributed by atoms with Crippen molar-refractivity contribution in [2.45, 2.75) is 0 Å². The summed E-state index contributed by atoms with van der Waals surface area (Å²) in [4.78, 5) is 12.2. The Morgan fingerprint density at radius 3 is 2.63 bits per heavy atom. The molecule has 0 aliphatic carbocycles. The van der Waals surface area contributed by atoms with E-state index in [2.05, 4.69) is 5.32 Å². The van der Waals surface area contributed by atoms with Crippen LogP contribution >= 0.6 is 22.9 Å². The van der Waals surface area contributed by atoms with E-state index < -0.39 is 0 Å². The highest BCUT2D eigenvalue weighted by Gasteiger charge is 2.07. The molecular formula is C13H11ClFNO2S. The molecule has 0 bridgehead atoms. The normalized spacial score (nSPS) is 10.2. The first-order valence-electron chi connectivity index (χ1n) is 5.57. The zero-order valence-corrected chi connectivity index (χ0v) is 11.4. The van der Waals surface area contributed by atoms with Gasteiger partial charge in [0.15, 0.2) is 0 Å². The predicted molar refractivity (Wildman–Crippen MR) is 73.6 cm³/mol. The average molecular weight is 300 g/mol. The molecule has 1 aromatic carbocycles. The van der Waals surface area contributed by atoms with Crippen LogP contribution in [-0.2, 0) is 0 Å². The van der Waals surface area contributed by atoms with Crippen LogP contribution in [0, 0.1) is 5.82 Å². The molecule has 0 radical (unpaired) electrons. The molecule has 0 aliphatic rings. The monoisotopic (exact) mass is 299 g/mol. The largest absolute Gasteiger partial charge is 0.492 e. The maximum absolute atomic E-state index is 12.6. The number of amides is 1. The molecule has 1 heterocycles. The number of hydrogen-bond acceptors (Lipinski definition) is 3. The van der Waals surface area contributed by atoms with Crippen molar-refractivity contribution >= 4 is 28.8 Å². The number of halogens is 2. The Morgan fingerprint density at radius 2 is 2.00 bits per heavy atom. The van der Waals surface area contributed by atoms with Crippen molar-refractivity contribution in [1.29, 1.82) is 0 Å². The van der Waals surface area contributed by atoms with Crippen LogP contribution in [0.5, 0.6) is 5.75 Å². The summed E-state index contributed by atoms with van der Waals surface area (Å²) in [5.74, 6) is 0.0738. The van der Waals surface area contributed by atoms with Crippen molar-refractivity contribution in [3.8, 4) is 5.75 Å². The predicted octanol–water partition coefficient (Wildman–Crippen LogP) is 3.35. The summed E-state index contributed by atoms with van der Waals surface area (Å²) in [6, 6.07) is 9.06. The van der Waals surface area contributed by atoms with Crippen molar-refractivity contribution in [2.24, 2.45) is 0 Å². The van der Waals surface area contributed by atoms with Crippen LogP contribution in [-0.4, -0.2) is 19.1 Å². The Morgan fingerprint density at radius 1 is 1.26 bits per heavy atom. The highest BCUT2D eigenvalue weighted by atomic mass is 35.5. The molecule has 1 aromatic heterocycles. The van der Waals surface area contributed by atoms with Gasteiger partial charge in [0, 0.05) is 0 Å². The minimum atomic E-state index is -0.310. The summed E-state index contributed by atoms with van der Waals surface area (Å²) in [6.45, 7) is 0.683. The van der Waals surface area contributed by atoms with Crippen molar-refractivity contribution in [2.75, 3.05) is 13.2 Å². The van der Waals surface area contributed by atoms with Crippen LogP contribution in [0.3, 0.4) is 0 Å². The molecule has 0 spiro atoms. The molecule has 3 nitrogen and oxygen atoms in total. The minimum Gasteiger partial charge on any atom is -0.492 e. The summed E-state index contributed by atoms with van der Waals surface area (Å²) in [5.41, 5.74) is 0. The van der Waals surface area contributed by atoms with Crippen molar-refractivity contribution in [3.05, 3.63) is 51.4 Å². The highest BCUT2D eigenvalue weighted by Crippen LogP contribution is 2.20. The van der Waals surface area contributed by atoms with E-state index in [4.69, 9.17) is 16.3 Å². The molecule has 1 amide bonds. The van der Waals surface area contributed by atoms with Gasteiger partial charge in [0.05, 0.1) is 15.8 Å². The molecule has 2 aromatic rings. The third kappa shape index (κ3) is 4.22. The lowest BCUT2D eigenvalue weighted by Gasteiger charge is -2.06. The zero-order valence-electron chi connectivity index (χ0n) is 9.86. The Kier molecular flexibility index (Phi) is 4.76. The van der Waals surface area contributed by atoms with Crippen molar-refractivity contribution in [3.63, 3.8) is 0 Å².